The average molecular weight is 381 g/mol. The first-order valence-electron chi connectivity index (χ1n) is 9.46. The molecule has 1 N–H and O–H groups in total. The highest BCUT2D eigenvalue weighted by molar-refractivity contribution is 5.75. The predicted molar refractivity (Wildman–Crippen MR) is 101 cm³/mol. The number of benzene rings is 1. The van der Waals surface area contributed by atoms with Gasteiger partial charge in [0, 0.05) is 25.2 Å². The maximum atomic E-state index is 12.0. The summed E-state index contributed by atoms with van der Waals surface area (Å²) in [6.45, 7) is 3.52. The third-order valence-corrected chi connectivity index (χ3v) is 4.85. The van der Waals surface area contributed by atoms with Crippen molar-refractivity contribution in [3.8, 4) is 11.5 Å². The Hall–Kier alpha value is -3.07. The van der Waals surface area contributed by atoms with E-state index in [1.54, 1.807) is 6.26 Å². The van der Waals surface area contributed by atoms with E-state index in [9.17, 15) is 4.79 Å². The molecule has 0 bridgehead atoms. The Balaban J connectivity index is 1.26. The first kappa shape index (κ1) is 18.3. The van der Waals surface area contributed by atoms with Crippen LogP contribution >= 0.6 is 0 Å². The SMILES string of the molecule is O=C(Cn1cnnn1)NCC1CCCN(Cc2coc(-c3ccccc3)n2)C1. The molecule has 1 amide bonds. The molecule has 1 aliphatic heterocycles. The summed E-state index contributed by atoms with van der Waals surface area (Å²) < 4.78 is 7.05. The molecular formula is C19H23N7O2. The fraction of sp³-hybridized carbons (Fsp3) is 0.421. The number of tetrazole rings is 1. The van der Waals surface area contributed by atoms with Crippen molar-refractivity contribution in [2.45, 2.75) is 25.9 Å². The van der Waals surface area contributed by atoms with Crippen molar-refractivity contribution in [1.29, 1.82) is 0 Å². The van der Waals surface area contributed by atoms with Crippen molar-refractivity contribution < 1.29 is 9.21 Å². The molecule has 9 heteroatoms. The number of likely N-dealkylation sites (tertiary alicyclic amines) is 1. The van der Waals surface area contributed by atoms with Gasteiger partial charge in [0.25, 0.3) is 0 Å². The third-order valence-electron chi connectivity index (χ3n) is 4.85. The first-order chi connectivity index (χ1) is 13.8. The van der Waals surface area contributed by atoms with E-state index in [1.165, 1.54) is 11.0 Å². The molecule has 1 aromatic carbocycles. The quantitative estimate of drug-likeness (QED) is 0.659. The molecule has 1 atom stereocenters. The van der Waals surface area contributed by atoms with Gasteiger partial charge in [-0.3, -0.25) is 9.69 Å². The molecule has 2 aromatic heterocycles. The molecule has 4 rings (SSSR count). The van der Waals surface area contributed by atoms with Crippen LogP contribution in [0, 0.1) is 5.92 Å². The van der Waals surface area contributed by atoms with Gasteiger partial charge in [-0.05, 0) is 47.9 Å². The summed E-state index contributed by atoms with van der Waals surface area (Å²) in [5, 5.41) is 13.7. The fourth-order valence-electron chi connectivity index (χ4n) is 3.50. The number of carbonyl (C=O) groups is 1. The molecule has 1 aliphatic rings. The second-order valence-corrected chi connectivity index (χ2v) is 7.06. The first-order valence-corrected chi connectivity index (χ1v) is 9.46. The van der Waals surface area contributed by atoms with Crippen molar-refractivity contribution in [1.82, 2.24) is 35.4 Å². The molecule has 0 saturated carbocycles. The van der Waals surface area contributed by atoms with Crippen molar-refractivity contribution in [3.05, 3.63) is 48.6 Å². The largest absolute Gasteiger partial charge is 0.444 e. The zero-order valence-electron chi connectivity index (χ0n) is 15.6. The molecule has 0 spiro atoms. The Morgan fingerprint density at radius 2 is 2.18 bits per heavy atom. The number of amides is 1. The van der Waals surface area contributed by atoms with Crippen molar-refractivity contribution in [3.63, 3.8) is 0 Å². The van der Waals surface area contributed by atoms with Crippen molar-refractivity contribution in [2.75, 3.05) is 19.6 Å². The van der Waals surface area contributed by atoms with Crippen LogP contribution in [0.3, 0.4) is 0 Å². The summed E-state index contributed by atoms with van der Waals surface area (Å²) >= 11 is 0. The molecule has 3 heterocycles. The van der Waals surface area contributed by atoms with Gasteiger partial charge in [0.1, 0.15) is 19.1 Å². The van der Waals surface area contributed by atoms with Crippen LogP contribution in [0.2, 0.25) is 0 Å². The number of rotatable bonds is 7. The molecule has 0 radical (unpaired) electrons. The highest BCUT2D eigenvalue weighted by Crippen LogP contribution is 2.21. The van der Waals surface area contributed by atoms with Crippen LogP contribution in [-0.2, 0) is 17.9 Å². The van der Waals surface area contributed by atoms with Gasteiger partial charge >= 0.3 is 0 Å². The molecule has 1 fully saturated rings. The van der Waals surface area contributed by atoms with Gasteiger partial charge in [0.2, 0.25) is 11.8 Å². The Kier molecular flexibility index (Phi) is 5.72. The number of hydrogen-bond donors (Lipinski definition) is 1. The minimum absolute atomic E-state index is 0.0755. The van der Waals surface area contributed by atoms with Gasteiger partial charge in [-0.15, -0.1) is 5.10 Å². The number of hydrogen-bond acceptors (Lipinski definition) is 7. The lowest BCUT2D eigenvalue weighted by molar-refractivity contribution is -0.122. The molecule has 0 aliphatic carbocycles. The summed E-state index contributed by atoms with van der Waals surface area (Å²) in [5.41, 5.74) is 1.91. The maximum Gasteiger partial charge on any atom is 0.241 e. The van der Waals surface area contributed by atoms with Crippen LogP contribution in [0.4, 0.5) is 0 Å². The lowest BCUT2D eigenvalue weighted by atomic mass is 9.98. The summed E-state index contributed by atoms with van der Waals surface area (Å²) in [4.78, 5) is 19.0. The highest BCUT2D eigenvalue weighted by Gasteiger charge is 2.21. The van der Waals surface area contributed by atoms with E-state index < -0.39 is 0 Å². The molecular weight excluding hydrogens is 358 g/mol. The minimum Gasteiger partial charge on any atom is -0.444 e. The van der Waals surface area contributed by atoms with Crippen LogP contribution in [0.1, 0.15) is 18.5 Å². The Labute approximate surface area is 162 Å². The van der Waals surface area contributed by atoms with E-state index in [0.29, 0.717) is 18.4 Å². The van der Waals surface area contributed by atoms with Gasteiger partial charge in [0.15, 0.2) is 0 Å². The number of aromatic nitrogens is 5. The lowest BCUT2D eigenvalue weighted by Crippen LogP contribution is -2.41. The normalized spacial score (nSPS) is 17.5. The molecule has 146 valence electrons. The van der Waals surface area contributed by atoms with Gasteiger partial charge in [-0.25, -0.2) is 9.67 Å². The van der Waals surface area contributed by atoms with E-state index >= 15 is 0 Å². The fourth-order valence-corrected chi connectivity index (χ4v) is 3.50. The van der Waals surface area contributed by atoms with E-state index in [2.05, 4.69) is 30.7 Å². The summed E-state index contributed by atoms with van der Waals surface area (Å²) in [7, 11) is 0. The van der Waals surface area contributed by atoms with Crippen LogP contribution in [0.15, 0.2) is 47.3 Å². The van der Waals surface area contributed by atoms with E-state index in [1.807, 2.05) is 30.3 Å². The topological polar surface area (TPSA) is 102 Å². The predicted octanol–water partition coefficient (Wildman–Crippen LogP) is 1.36. The van der Waals surface area contributed by atoms with Crippen molar-refractivity contribution >= 4 is 5.91 Å². The van der Waals surface area contributed by atoms with Gasteiger partial charge in [-0.2, -0.15) is 0 Å². The second-order valence-electron chi connectivity index (χ2n) is 7.06. The van der Waals surface area contributed by atoms with Gasteiger partial charge in [-0.1, -0.05) is 18.2 Å². The number of carbonyl (C=O) groups excluding carboxylic acids is 1. The van der Waals surface area contributed by atoms with Crippen LogP contribution in [0.25, 0.3) is 11.5 Å². The smallest absolute Gasteiger partial charge is 0.241 e. The second kappa shape index (κ2) is 8.75. The van der Waals surface area contributed by atoms with E-state index in [0.717, 1.165) is 43.7 Å². The van der Waals surface area contributed by atoms with Gasteiger partial charge in [0.05, 0.1) is 5.69 Å². The summed E-state index contributed by atoms with van der Waals surface area (Å²) in [6, 6.07) is 9.91. The number of nitrogens with zero attached hydrogens (tertiary/aromatic N) is 6. The Bertz CT molecular complexity index is 879. The highest BCUT2D eigenvalue weighted by atomic mass is 16.3. The van der Waals surface area contributed by atoms with E-state index in [4.69, 9.17) is 4.42 Å². The summed E-state index contributed by atoms with van der Waals surface area (Å²) in [5.74, 6) is 1.000. The zero-order chi connectivity index (χ0) is 19.2. The average Bonchev–Trinajstić information content (AvgIpc) is 3.40. The summed E-state index contributed by atoms with van der Waals surface area (Å²) in [6.07, 6.45) is 5.39. The number of nitrogens with one attached hydrogen (secondary N) is 1. The molecule has 9 nitrogen and oxygen atoms in total. The Morgan fingerprint density at radius 3 is 3.00 bits per heavy atom. The molecule has 1 unspecified atom stereocenters. The minimum atomic E-state index is -0.0755. The monoisotopic (exact) mass is 381 g/mol. The van der Waals surface area contributed by atoms with Crippen LogP contribution in [0.5, 0.6) is 0 Å². The molecule has 28 heavy (non-hydrogen) atoms. The number of oxazole rings is 1. The van der Waals surface area contributed by atoms with Crippen molar-refractivity contribution in [2.24, 2.45) is 5.92 Å². The maximum absolute atomic E-state index is 12.0. The van der Waals surface area contributed by atoms with Crippen LogP contribution < -0.4 is 5.32 Å². The lowest BCUT2D eigenvalue weighted by Gasteiger charge is -2.32. The van der Waals surface area contributed by atoms with Gasteiger partial charge < -0.3 is 9.73 Å². The Morgan fingerprint density at radius 1 is 1.29 bits per heavy atom. The molecule has 1 saturated heterocycles. The molecule has 3 aromatic rings. The third kappa shape index (κ3) is 4.80. The van der Waals surface area contributed by atoms with E-state index in [-0.39, 0.29) is 12.5 Å². The van der Waals surface area contributed by atoms with Crippen LogP contribution in [-0.4, -0.2) is 55.6 Å². The standard InChI is InChI=1S/C19H23N7O2/c27-18(12-26-14-21-23-24-26)20-9-15-5-4-8-25(10-15)11-17-13-28-19(22-17)16-6-2-1-3-7-16/h1-3,6-7,13-15H,4-5,8-12H2,(H,20,27). The number of piperidine rings is 1. The zero-order valence-corrected chi connectivity index (χ0v) is 15.6.